The van der Waals surface area contributed by atoms with Crippen molar-refractivity contribution in [1.82, 2.24) is 4.90 Å². The average Bonchev–Trinajstić information content (AvgIpc) is 2.34. The maximum Gasteiger partial charge on any atom is 0.128 e. The Morgan fingerprint density at radius 2 is 2.00 bits per heavy atom. The molecule has 1 saturated heterocycles. The molecule has 1 aromatic rings. The molecule has 0 unspecified atom stereocenters. The van der Waals surface area contributed by atoms with Gasteiger partial charge in [0, 0.05) is 25.2 Å². The molecule has 16 heavy (non-hydrogen) atoms. The first kappa shape index (κ1) is 11.5. The number of hydrogen-bond donors (Lipinski definition) is 1. The van der Waals surface area contributed by atoms with Crippen molar-refractivity contribution in [2.45, 2.75) is 6.04 Å². The van der Waals surface area contributed by atoms with Crippen LogP contribution in [0.1, 0.15) is 11.6 Å². The third-order valence-corrected chi connectivity index (χ3v) is 2.97. The fourth-order valence-electron chi connectivity index (χ4n) is 2.11. The molecule has 0 aliphatic carbocycles. The van der Waals surface area contributed by atoms with Crippen LogP contribution >= 0.6 is 0 Å². The Labute approximate surface area is 95.0 Å². The monoisotopic (exact) mass is 224 g/mol. The maximum atomic E-state index is 13.7. The normalized spacial score (nSPS) is 19.6. The van der Waals surface area contributed by atoms with Crippen LogP contribution in [0.25, 0.3) is 0 Å². The van der Waals surface area contributed by atoms with Crippen molar-refractivity contribution < 1.29 is 9.13 Å². The van der Waals surface area contributed by atoms with Gasteiger partial charge in [0.1, 0.15) is 5.82 Å². The second-order valence-corrected chi connectivity index (χ2v) is 3.92. The lowest BCUT2D eigenvalue weighted by molar-refractivity contribution is 0.0172. The predicted molar refractivity (Wildman–Crippen MR) is 60.6 cm³/mol. The van der Waals surface area contributed by atoms with Crippen molar-refractivity contribution in [3.8, 4) is 0 Å². The van der Waals surface area contributed by atoms with E-state index < -0.39 is 0 Å². The summed E-state index contributed by atoms with van der Waals surface area (Å²) in [6, 6.07) is 6.80. The fraction of sp³-hybridized carbons (Fsp3) is 0.500. The third kappa shape index (κ3) is 2.40. The van der Waals surface area contributed by atoms with E-state index in [1.54, 1.807) is 6.07 Å². The second kappa shape index (κ2) is 5.39. The first-order valence-electron chi connectivity index (χ1n) is 5.59. The molecular weight excluding hydrogens is 207 g/mol. The van der Waals surface area contributed by atoms with E-state index in [0.29, 0.717) is 25.3 Å². The summed E-state index contributed by atoms with van der Waals surface area (Å²) in [7, 11) is 0. The lowest BCUT2D eigenvalue weighted by Crippen LogP contribution is -2.42. The summed E-state index contributed by atoms with van der Waals surface area (Å²) in [6.45, 7) is 3.46. The summed E-state index contributed by atoms with van der Waals surface area (Å²) in [5, 5.41) is 0. The van der Waals surface area contributed by atoms with Crippen LogP contribution in [0.4, 0.5) is 4.39 Å². The van der Waals surface area contributed by atoms with Crippen molar-refractivity contribution in [1.29, 1.82) is 0 Å². The first-order chi connectivity index (χ1) is 7.83. The molecule has 3 nitrogen and oxygen atoms in total. The lowest BCUT2D eigenvalue weighted by Gasteiger charge is -2.34. The highest BCUT2D eigenvalue weighted by atomic mass is 19.1. The molecule has 1 aromatic carbocycles. The van der Waals surface area contributed by atoms with Crippen molar-refractivity contribution in [2.75, 3.05) is 32.8 Å². The molecule has 1 aliphatic heterocycles. The summed E-state index contributed by atoms with van der Waals surface area (Å²) in [5.41, 5.74) is 6.44. The Hall–Kier alpha value is -0.970. The molecule has 0 spiro atoms. The van der Waals surface area contributed by atoms with Gasteiger partial charge < -0.3 is 10.5 Å². The standard InChI is InChI=1S/C12H17FN2O/c13-11-4-2-1-3-10(11)12(9-14)15-5-7-16-8-6-15/h1-4,12H,5-9,14H2/t12-/m0/s1. The van der Waals surface area contributed by atoms with E-state index in [1.165, 1.54) is 6.07 Å². The van der Waals surface area contributed by atoms with E-state index in [2.05, 4.69) is 4.90 Å². The highest BCUT2D eigenvalue weighted by molar-refractivity contribution is 5.21. The number of halogens is 1. The molecule has 2 N–H and O–H groups in total. The molecule has 1 heterocycles. The first-order valence-corrected chi connectivity index (χ1v) is 5.59. The molecular formula is C12H17FN2O. The molecule has 1 atom stereocenters. The topological polar surface area (TPSA) is 38.5 Å². The molecule has 0 aromatic heterocycles. The summed E-state index contributed by atoms with van der Waals surface area (Å²) in [6.07, 6.45) is 0. The van der Waals surface area contributed by atoms with Gasteiger partial charge in [-0.15, -0.1) is 0 Å². The molecule has 1 fully saturated rings. The summed E-state index contributed by atoms with van der Waals surface area (Å²) >= 11 is 0. The minimum absolute atomic E-state index is 0.0369. The van der Waals surface area contributed by atoms with Crippen molar-refractivity contribution in [3.05, 3.63) is 35.6 Å². The van der Waals surface area contributed by atoms with Gasteiger partial charge in [-0.3, -0.25) is 4.90 Å². The van der Waals surface area contributed by atoms with Crippen LogP contribution in [-0.4, -0.2) is 37.7 Å². The summed E-state index contributed by atoms with van der Waals surface area (Å²) in [5.74, 6) is -0.176. The van der Waals surface area contributed by atoms with Gasteiger partial charge in [-0.25, -0.2) is 4.39 Å². The van der Waals surface area contributed by atoms with Gasteiger partial charge in [0.2, 0.25) is 0 Å². The molecule has 2 rings (SSSR count). The lowest BCUT2D eigenvalue weighted by atomic mass is 10.0. The van der Waals surface area contributed by atoms with Crippen LogP contribution in [0.5, 0.6) is 0 Å². The highest BCUT2D eigenvalue weighted by Gasteiger charge is 2.23. The number of ether oxygens (including phenoxy) is 1. The van der Waals surface area contributed by atoms with Crippen LogP contribution in [0.3, 0.4) is 0 Å². The van der Waals surface area contributed by atoms with Crippen LogP contribution in [-0.2, 0) is 4.74 Å². The fourth-order valence-corrected chi connectivity index (χ4v) is 2.11. The van der Waals surface area contributed by atoms with E-state index in [9.17, 15) is 4.39 Å². The predicted octanol–water partition coefficient (Wildman–Crippen LogP) is 1.16. The maximum absolute atomic E-state index is 13.7. The quantitative estimate of drug-likeness (QED) is 0.837. The van der Waals surface area contributed by atoms with Crippen LogP contribution in [0.2, 0.25) is 0 Å². The molecule has 0 amide bonds. The largest absolute Gasteiger partial charge is 0.379 e. The molecule has 1 aliphatic rings. The number of hydrogen-bond acceptors (Lipinski definition) is 3. The van der Waals surface area contributed by atoms with E-state index in [1.807, 2.05) is 12.1 Å². The third-order valence-electron chi connectivity index (χ3n) is 2.97. The van der Waals surface area contributed by atoms with Gasteiger partial charge >= 0.3 is 0 Å². The average molecular weight is 224 g/mol. The molecule has 88 valence electrons. The van der Waals surface area contributed by atoms with E-state index >= 15 is 0 Å². The Morgan fingerprint density at radius 1 is 1.31 bits per heavy atom. The van der Waals surface area contributed by atoms with Gasteiger partial charge in [0.05, 0.1) is 19.3 Å². The van der Waals surface area contributed by atoms with Gasteiger partial charge in [0.15, 0.2) is 0 Å². The van der Waals surface area contributed by atoms with E-state index in [-0.39, 0.29) is 11.9 Å². The minimum Gasteiger partial charge on any atom is -0.379 e. The number of morpholine rings is 1. The minimum atomic E-state index is -0.176. The van der Waals surface area contributed by atoms with Crippen molar-refractivity contribution >= 4 is 0 Å². The van der Waals surface area contributed by atoms with Crippen LogP contribution in [0.15, 0.2) is 24.3 Å². The van der Waals surface area contributed by atoms with Gasteiger partial charge in [-0.2, -0.15) is 0 Å². The number of nitrogens with zero attached hydrogens (tertiary/aromatic N) is 1. The molecule has 0 saturated carbocycles. The second-order valence-electron chi connectivity index (χ2n) is 3.92. The SMILES string of the molecule is NC[C@@H](c1ccccc1F)N1CCOCC1. The smallest absolute Gasteiger partial charge is 0.128 e. The van der Waals surface area contributed by atoms with Gasteiger partial charge in [0.25, 0.3) is 0 Å². The van der Waals surface area contributed by atoms with Crippen LogP contribution < -0.4 is 5.73 Å². The molecule has 0 bridgehead atoms. The Morgan fingerprint density at radius 3 is 2.62 bits per heavy atom. The molecule has 0 radical (unpaired) electrons. The molecule has 4 heteroatoms. The van der Waals surface area contributed by atoms with Gasteiger partial charge in [-0.1, -0.05) is 18.2 Å². The Balaban J connectivity index is 2.18. The van der Waals surface area contributed by atoms with Crippen molar-refractivity contribution in [2.24, 2.45) is 5.73 Å². The van der Waals surface area contributed by atoms with E-state index in [0.717, 1.165) is 13.1 Å². The van der Waals surface area contributed by atoms with E-state index in [4.69, 9.17) is 10.5 Å². The zero-order valence-corrected chi connectivity index (χ0v) is 9.23. The number of benzene rings is 1. The Kier molecular flexibility index (Phi) is 3.88. The number of rotatable bonds is 3. The Bertz CT molecular complexity index is 340. The van der Waals surface area contributed by atoms with Crippen molar-refractivity contribution in [3.63, 3.8) is 0 Å². The summed E-state index contributed by atoms with van der Waals surface area (Å²) < 4.78 is 19.0. The zero-order valence-electron chi connectivity index (χ0n) is 9.23. The number of nitrogens with two attached hydrogens (primary N) is 1. The summed E-state index contributed by atoms with van der Waals surface area (Å²) in [4.78, 5) is 2.18. The van der Waals surface area contributed by atoms with Gasteiger partial charge in [-0.05, 0) is 6.07 Å². The van der Waals surface area contributed by atoms with Crippen LogP contribution in [0, 0.1) is 5.82 Å². The highest BCUT2D eigenvalue weighted by Crippen LogP contribution is 2.22. The zero-order chi connectivity index (χ0) is 11.4.